The molecule has 0 bridgehead atoms. The first-order valence-corrected chi connectivity index (χ1v) is 7.01. The summed E-state index contributed by atoms with van der Waals surface area (Å²) < 4.78 is 14.1. The van der Waals surface area contributed by atoms with Crippen LogP contribution in [0, 0.1) is 5.82 Å². The number of nitrogens with one attached hydrogen (secondary N) is 1. The van der Waals surface area contributed by atoms with Crippen LogP contribution in [0.4, 0.5) is 10.1 Å². The van der Waals surface area contributed by atoms with Crippen molar-refractivity contribution in [2.45, 2.75) is 45.4 Å². The van der Waals surface area contributed by atoms with Gasteiger partial charge in [0.05, 0.1) is 11.8 Å². The summed E-state index contributed by atoms with van der Waals surface area (Å²) >= 11 is 0. The van der Waals surface area contributed by atoms with Gasteiger partial charge in [-0.2, -0.15) is 0 Å². The summed E-state index contributed by atoms with van der Waals surface area (Å²) in [5, 5.41) is 12.9. The second-order valence-electron chi connectivity index (χ2n) is 5.56. The summed E-state index contributed by atoms with van der Waals surface area (Å²) in [5.41, 5.74) is 1.56. The molecule has 19 heavy (non-hydrogen) atoms. The Morgan fingerprint density at radius 3 is 2.89 bits per heavy atom. The molecule has 1 aliphatic heterocycles. The van der Waals surface area contributed by atoms with Crippen LogP contribution in [0.1, 0.15) is 32.3 Å². The Morgan fingerprint density at radius 2 is 2.26 bits per heavy atom. The van der Waals surface area contributed by atoms with Crippen molar-refractivity contribution in [1.82, 2.24) is 5.32 Å². The first kappa shape index (κ1) is 14.3. The smallest absolute Gasteiger partial charge is 0.146 e. The van der Waals surface area contributed by atoms with Crippen LogP contribution in [-0.4, -0.2) is 30.3 Å². The molecule has 1 fully saturated rings. The Kier molecular flexibility index (Phi) is 4.77. The van der Waals surface area contributed by atoms with Gasteiger partial charge in [-0.15, -0.1) is 0 Å². The SMILES string of the molecule is CC(C)NCc1ccc(N2CCCC(O)C2)c(F)c1. The minimum absolute atomic E-state index is 0.197. The van der Waals surface area contributed by atoms with Crippen molar-refractivity contribution in [2.24, 2.45) is 0 Å². The number of benzene rings is 1. The van der Waals surface area contributed by atoms with Gasteiger partial charge in [0.25, 0.3) is 0 Å². The predicted octanol–water partition coefficient (Wildman–Crippen LogP) is 2.28. The molecule has 1 saturated heterocycles. The van der Waals surface area contributed by atoms with Crippen LogP contribution in [-0.2, 0) is 6.54 Å². The van der Waals surface area contributed by atoms with Crippen LogP contribution < -0.4 is 10.2 Å². The van der Waals surface area contributed by atoms with Crippen LogP contribution in [0.2, 0.25) is 0 Å². The molecule has 1 aromatic rings. The summed E-state index contributed by atoms with van der Waals surface area (Å²) in [6.07, 6.45) is 1.39. The van der Waals surface area contributed by atoms with Crippen LogP contribution in [0.15, 0.2) is 18.2 Å². The van der Waals surface area contributed by atoms with E-state index in [4.69, 9.17) is 0 Å². The van der Waals surface area contributed by atoms with E-state index in [1.165, 1.54) is 0 Å². The molecule has 1 heterocycles. The van der Waals surface area contributed by atoms with Gasteiger partial charge in [0.1, 0.15) is 5.82 Å². The first-order chi connectivity index (χ1) is 9.06. The summed E-state index contributed by atoms with van der Waals surface area (Å²) in [4.78, 5) is 1.93. The molecule has 1 unspecified atom stereocenters. The molecule has 2 rings (SSSR count). The monoisotopic (exact) mass is 266 g/mol. The highest BCUT2D eigenvalue weighted by atomic mass is 19.1. The zero-order chi connectivity index (χ0) is 13.8. The average Bonchev–Trinajstić information content (AvgIpc) is 2.36. The number of halogens is 1. The van der Waals surface area contributed by atoms with Gasteiger partial charge in [-0.25, -0.2) is 4.39 Å². The van der Waals surface area contributed by atoms with Gasteiger partial charge in [0.2, 0.25) is 0 Å². The summed E-state index contributed by atoms with van der Waals surface area (Å²) in [6, 6.07) is 5.76. The quantitative estimate of drug-likeness (QED) is 0.877. The van der Waals surface area contributed by atoms with Gasteiger partial charge in [-0.3, -0.25) is 0 Å². The fraction of sp³-hybridized carbons (Fsp3) is 0.600. The second-order valence-corrected chi connectivity index (χ2v) is 5.56. The fourth-order valence-electron chi connectivity index (χ4n) is 2.41. The van der Waals surface area contributed by atoms with Crippen LogP contribution in [0.25, 0.3) is 0 Å². The second kappa shape index (κ2) is 6.35. The van der Waals surface area contributed by atoms with Gasteiger partial charge < -0.3 is 15.3 Å². The molecule has 0 radical (unpaired) electrons. The van der Waals surface area contributed by atoms with Crippen molar-refractivity contribution in [2.75, 3.05) is 18.0 Å². The molecule has 0 spiro atoms. The lowest BCUT2D eigenvalue weighted by Crippen LogP contribution is -2.38. The van der Waals surface area contributed by atoms with Gasteiger partial charge in [-0.1, -0.05) is 19.9 Å². The molecule has 0 aliphatic carbocycles. The van der Waals surface area contributed by atoms with Crippen LogP contribution in [0.5, 0.6) is 0 Å². The Bertz CT molecular complexity index is 423. The highest BCUT2D eigenvalue weighted by Crippen LogP contribution is 2.24. The maximum Gasteiger partial charge on any atom is 0.146 e. The van der Waals surface area contributed by atoms with E-state index in [-0.39, 0.29) is 11.9 Å². The van der Waals surface area contributed by atoms with E-state index < -0.39 is 0 Å². The molecule has 1 atom stereocenters. The number of rotatable bonds is 4. The molecule has 106 valence electrons. The number of hydrogen-bond donors (Lipinski definition) is 2. The first-order valence-electron chi connectivity index (χ1n) is 7.01. The minimum Gasteiger partial charge on any atom is -0.391 e. The molecule has 1 aliphatic rings. The number of aliphatic hydroxyl groups is 1. The number of hydrogen-bond acceptors (Lipinski definition) is 3. The number of nitrogens with zero attached hydrogens (tertiary/aromatic N) is 1. The maximum atomic E-state index is 14.1. The van der Waals surface area contributed by atoms with Gasteiger partial charge in [-0.05, 0) is 30.5 Å². The van der Waals surface area contributed by atoms with Crippen molar-refractivity contribution in [1.29, 1.82) is 0 Å². The number of anilines is 1. The van der Waals surface area contributed by atoms with Gasteiger partial charge in [0.15, 0.2) is 0 Å². The lowest BCUT2D eigenvalue weighted by molar-refractivity contribution is 0.154. The fourth-order valence-corrected chi connectivity index (χ4v) is 2.41. The third-order valence-corrected chi connectivity index (χ3v) is 3.46. The van der Waals surface area contributed by atoms with Crippen molar-refractivity contribution >= 4 is 5.69 Å². The molecular weight excluding hydrogens is 243 g/mol. The molecule has 3 nitrogen and oxygen atoms in total. The summed E-state index contributed by atoms with van der Waals surface area (Å²) in [6.45, 7) is 6.16. The molecule has 1 aromatic carbocycles. The average molecular weight is 266 g/mol. The van der Waals surface area contributed by atoms with Crippen molar-refractivity contribution in [3.63, 3.8) is 0 Å². The molecule has 0 saturated carbocycles. The third kappa shape index (κ3) is 3.91. The van der Waals surface area contributed by atoms with E-state index in [2.05, 4.69) is 19.2 Å². The Hall–Kier alpha value is -1.13. The summed E-state index contributed by atoms with van der Waals surface area (Å²) in [7, 11) is 0. The predicted molar refractivity (Wildman–Crippen MR) is 75.8 cm³/mol. The zero-order valence-corrected chi connectivity index (χ0v) is 11.7. The van der Waals surface area contributed by atoms with Crippen LogP contribution >= 0.6 is 0 Å². The van der Waals surface area contributed by atoms with Crippen LogP contribution in [0.3, 0.4) is 0 Å². The summed E-state index contributed by atoms with van der Waals surface area (Å²) in [5.74, 6) is -0.197. The van der Waals surface area contributed by atoms with E-state index in [0.717, 1.165) is 24.9 Å². The molecule has 0 amide bonds. The number of aliphatic hydroxyl groups excluding tert-OH is 1. The third-order valence-electron chi connectivity index (χ3n) is 3.46. The zero-order valence-electron chi connectivity index (χ0n) is 11.7. The van der Waals surface area contributed by atoms with E-state index >= 15 is 0 Å². The topological polar surface area (TPSA) is 35.5 Å². The van der Waals surface area contributed by atoms with Gasteiger partial charge in [0, 0.05) is 25.7 Å². The van der Waals surface area contributed by atoms with Crippen molar-refractivity contribution < 1.29 is 9.50 Å². The Labute approximate surface area is 114 Å². The molecule has 2 N–H and O–H groups in total. The van der Waals surface area contributed by atoms with Crippen molar-refractivity contribution in [3.05, 3.63) is 29.6 Å². The van der Waals surface area contributed by atoms with Gasteiger partial charge >= 0.3 is 0 Å². The highest BCUT2D eigenvalue weighted by molar-refractivity contribution is 5.49. The lowest BCUT2D eigenvalue weighted by atomic mass is 10.1. The largest absolute Gasteiger partial charge is 0.391 e. The minimum atomic E-state index is -0.338. The highest BCUT2D eigenvalue weighted by Gasteiger charge is 2.20. The Morgan fingerprint density at radius 1 is 1.47 bits per heavy atom. The number of β-amino-alcohol motifs (C(OH)–C–C–N with tert-alkyl or cyclic N) is 1. The van der Waals surface area contributed by atoms with E-state index in [1.807, 2.05) is 17.0 Å². The van der Waals surface area contributed by atoms with E-state index in [9.17, 15) is 9.50 Å². The van der Waals surface area contributed by atoms with Crippen molar-refractivity contribution in [3.8, 4) is 0 Å². The normalized spacial score (nSPS) is 20.1. The van der Waals surface area contributed by atoms with E-state index in [1.54, 1.807) is 6.07 Å². The standard InChI is InChI=1S/C15H23FN2O/c1-11(2)17-9-12-5-6-15(14(16)8-12)18-7-3-4-13(19)10-18/h5-6,8,11,13,17,19H,3-4,7,9-10H2,1-2H3. The van der Waals surface area contributed by atoms with E-state index in [0.29, 0.717) is 24.8 Å². The maximum absolute atomic E-state index is 14.1. The molecule has 4 heteroatoms. The Balaban J connectivity index is 2.06. The lowest BCUT2D eigenvalue weighted by Gasteiger charge is -2.32. The molecular formula is C15H23FN2O. The molecule has 0 aromatic heterocycles. The number of piperidine rings is 1.